The number of phenols is 1. The molecule has 0 radical (unpaired) electrons. The molecule has 6 heteroatoms. The zero-order chi connectivity index (χ0) is 18.6. The molecule has 1 fully saturated rings. The van der Waals surface area contributed by atoms with E-state index in [4.69, 9.17) is 10.5 Å². The lowest BCUT2D eigenvalue weighted by atomic mass is 10.1. The van der Waals surface area contributed by atoms with Gasteiger partial charge in [0.05, 0.1) is 0 Å². The number of nitrogens with two attached hydrogens (primary N) is 1. The maximum atomic E-state index is 10.0. The number of rotatable bonds is 5. The first-order chi connectivity index (χ1) is 13.2. The molecule has 6 nitrogen and oxygen atoms in total. The molecule has 0 aliphatic carbocycles. The SMILES string of the molecule is Nc1nnc(-c2ccccc2O)cc1OC1CCN(Cc2ccccc2)C1. The molecule has 1 aliphatic rings. The van der Waals surface area contributed by atoms with Crippen LogP contribution in [0.1, 0.15) is 12.0 Å². The lowest BCUT2D eigenvalue weighted by Gasteiger charge is -2.17. The summed E-state index contributed by atoms with van der Waals surface area (Å²) in [4.78, 5) is 2.37. The average Bonchev–Trinajstić information content (AvgIpc) is 3.12. The monoisotopic (exact) mass is 362 g/mol. The fourth-order valence-electron chi connectivity index (χ4n) is 3.36. The second-order valence-corrected chi connectivity index (χ2v) is 6.75. The third-order valence-corrected chi connectivity index (χ3v) is 4.74. The van der Waals surface area contributed by atoms with Gasteiger partial charge in [-0.2, -0.15) is 0 Å². The minimum absolute atomic E-state index is 0.0532. The van der Waals surface area contributed by atoms with E-state index >= 15 is 0 Å². The quantitative estimate of drug-likeness (QED) is 0.726. The number of hydrogen-bond donors (Lipinski definition) is 2. The summed E-state index contributed by atoms with van der Waals surface area (Å²) in [6, 6.07) is 19.2. The van der Waals surface area contributed by atoms with Crippen LogP contribution in [0.5, 0.6) is 11.5 Å². The molecule has 0 spiro atoms. The van der Waals surface area contributed by atoms with Crippen molar-refractivity contribution in [3.05, 3.63) is 66.2 Å². The molecule has 0 saturated carbocycles. The van der Waals surface area contributed by atoms with Gasteiger partial charge < -0.3 is 15.6 Å². The van der Waals surface area contributed by atoms with Gasteiger partial charge in [0.25, 0.3) is 0 Å². The van der Waals surface area contributed by atoms with Crippen molar-refractivity contribution in [2.75, 3.05) is 18.8 Å². The Morgan fingerprint density at radius 3 is 2.67 bits per heavy atom. The molecule has 0 amide bonds. The van der Waals surface area contributed by atoms with Crippen molar-refractivity contribution in [2.24, 2.45) is 0 Å². The molecule has 2 aromatic carbocycles. The van der Waals surface area contributed by atoms with E-state index in [1.165, 1.54) is 5.56 Å². The Bertz CT molecular complexity index is 917. The molecule has 1 atom stereocenters. The van der Waals surface area contributed by atoms with E-state index in [0.717, 1.165) is 26.1 Å². The predicted octanol–water partition coefficient (Wildman–Crippen LogP) is 3.08. The Balaban J connectivity index is 1.45. The summed E-state index contributed by atoms with van der Waals surface area (Å²) in [7, 11) is 0. The number of benzene rings is 2. The highest BCUT2D eigenvalue weighted by Gasteiger charge is 2.25. The Kier molecular flexibility index (Phi) is 4.89. The second-order valence-electron chi connectivity index (χ2n) is 6.75. The van der Waals surface area contributed by atoms with Crippen molar-refractivity contribution < 1.29 is 9.84 Å². The third-order valence-electron chi connectivity index (χ3n) is 4.74. The van der Waals surface area contributed by atoms with Crippen LogP contribution >= 0.6 is 0 Å². The van der Waals surface area contributed by atoms with Crippen LogP contribution in [0.25, 0.3) is 11.3 Å². The highest BCUT2D eigenvalue weighted by Crippen LogP contribution is 2.31. The molecule has 2 heterocycles. The highest BCUT2D eigenvalue weighted by atomic mass is 16.5. The normalized spacial score (nSPS) is 17.1. The summed E-state index contributed by atoms with van der Waals surface area (Å²) in [6.07, 6.45) is 0.984. The van der Waals surface area contributed by atoms with Gasteiger partial charge in [-0.25, -0.2) is 0 Å². The number of ether oxygens (including phenoxy) is 1. The summed E-state index contributed by atoms with van der Waals surface area (Å²) in [5.41, 5.74) is 8.41. The van der Waals surface area contributed by atoms with Crippen molar-refractivity contribution in [3.8, 4) is 22.8 Å². The molecule has 1 unspecified atom stereocenters. The number of hydrogen-bond acceptors (Lipinski definition) is 6. The summed E-state index contributed by atoms with van der Waals surface area (Å²) >= 11 is 0. The van der Waals surface area contributed by atoms with Crippen LogP contribution in [-0.4, -0.2) is 39.4 Å². The van der Waals surface area contributed by atoms with Gasteiger partial charge in [-0.1, -0.05) is 42.5 Å². The summed E-state index contributed by atoms with van der Waals surface area (Å²) in [6.45, 7) is 2.72. The molecule has 27 heavy (non-hydrogen) atoms. The minimum atomic E-state index is 0.0532. The second kappa shape index (κ2) is 7.63. The average molecular weight is 362 g/mol. The van der Waals surface area contributed by atoms with E-state index in [1.807, 2.05) is 12.1 Å². The van der Waals surface area contributed by atoms with Gasteiger partial charge in [0, 0.05) is 31.3 Å². The minimum Gasteiger partial charge on any atom is -0.507 e. The van der Waals surface area contributed by atoms with Gasteiger partial charge in [0.15, 0.2) is 11.6 Å². The largest absolute Gasteiger partial charge is 0.507 e. The molecule has 1 saturated heterocycles. The number of likely N-dealkylation sites (tertiary alicyclic amines) is 1. The lowest BCUT2D eigenvalue weighted by Crippen LogP contribution is -2.25. The Labute approximate surface area is 158 Å². The van der Waals surface area contributed by atoms with Crippen molar-refractivity contribution in [2.45, 2.75) is 19.1 Å². The molecule has 3 aromatic rings. The fourth-order valence-corrected chi connectivity index (χ4v) is 3.36. The zero-order valence-corrected chi connectivity index (χ0v) is 15.0. The van der Waals surface area contributed by atoms with Crippen LogP contribution < -0.4 is 10.5 Å². The van der Waals surface area contributed by atoms with Crippen LogP contribution in [0.2, 0.25) is 0 Å². The summed E-state index contributed by atoms with van der Waals surface area (Å²) in [5, 5.41) is 18.1. The van der Waals surface area contributed by atoms with E-state index in [0.29, 0.717) is 17.0 Å². The number of nitrogens with zero attached hydrogens (tertiary/aromatic N) is 3. The van der Waals surface area contributed by atoms with Crippen molar-refractivity contribution >= 4 is 5.82 Å². The van der Waals surface area contributed by atoms with Gasteiger partial charge >= 0.3 is 0 Å². The van der Waals surface area contributed by atoms with E-state index in [2.05, 4.69) is 39.4 Å². The van der Waals surface area contributed by atoms with Gasteiger partial charge in [-0.3, -0.25) is 4.90 Å². The van der Waals surface area contributed by atoms with Gasteiger partial charge in [0.1, 0.15) is 17.5 Å². The van der Waals surface area contributed by atoms with Gasteiger partial charge in [0.2, 0.25) is 0 Å². The lowest BCUT2D eigenvalue weighted by molar-refractivity contribution is 0.198. The van der Waals surface area contributed by atoms with Crippen molar-refractivity contribution in [3.63, 3.8) is 0 Å². The molecular formula is C21H22N4O2. The van der Waals surface area contributed by atoms with Gasteiger partial charge in [-0.05, 0) is 24.1 Å². The number of phenolic OH excluding ortho intramolecular Hbond substituents is 1. The first kappa shape index (κ1) is 17.3. The standard InChI is InChI=1S/C21H22N4O2/c22-21-20(12-18(23-24-21)17-8-4-5-9-19(17)26)27-16-10-11-25(14-16)13-15-6-2-1-3-7-15/h1-9,12,16,26H,10-11,13-14H2,(H2,22,24). The maximum Gasteiger partial charge on any atom is 0.188 e. The number of nitrogen functional groups attached to an aromatic ring is 1. The van der Waals surface area contributed by atoms with Crippen LogP contribution in [-0.2, 0) is 6.54 Å². The Hall–Kier alpha value is -3.12. The van der Waals surface area contributed by atoms with Crippen LogP contribution in [0, 0.1) is 0 Å². The Morgan fingerprint density at radius 1 is 1.07 bits per heavy atom. The molecule has 138 valence electrons. The van der Waals surface area contributed by atoms with Crippen molar-refractivity contribution in [1.82, 2.24) is 15.1 Å². The zero-order valence-electron chi connectivity index (χ0n) is 15.0. The topological polar surface area (TPSA) is 84.5 Å². The fraction of sp³-hybridized carbons (Fsp3) is 0.238. The first-order valence-corrected chi connectivity index (χ1v) is 9.03. The van der Waals surface area contributed by atoms with E-state index in [9.17, 15) is 5.11 Å². The predicted molar refractivity (Wildman–Crippen MR) is 104 cm³/mol. The molecule has 4 rings (SSSR count). The molecular weight excluding hydrogens is 340 g/mol. The molecule has 1 aromatic heterocycles. The maximum absolute atomic E-state index is 10.0. The number of para-hydroxylation sites is 1. The number of anilines is 1. The van der Waals surface area contributed by atoms with E-state index in [1.54, 1.807) is 24.3 Å². The van der Waals surface area contributed by atoms with E-state index in [-0.39, 0.29) is 17.7 Å². The van der Waals surface area contributed by atoms with Crippen molar-refractivity contribution in [1.29, 1.82) is 0 Å². The Morgan fingerprint density at radius 2 is 1.85 bits per heavy atom. The molecule has 3 N–H and O–H groups in total. The highest BCUT2D eigenvalue weighted by molar-refractivity contribution is 5.68. The molecule has 0 bridgehead atoms. The molecule has 1 aliphatic heterocycles. The van der Waals surface area contributed by atoms with Crippen LogP contribution in [0.15, 0.2) is 60.7 Å². The van der Waals surface area contributed by atoms with Crippen LogP contribution in [0.3, 0.4) is 0 Å². The van der Waals surface area contributed by atoms with Crippen LogP contribution in [0.4, 0.5) is 5.82 Å². The van der Waals surface area contributed by atoms with E-state index < -0.39 is 0 Å². The summed E-state index contributed by atoms with van der Waals surface area (Å²) < 4.78 is 6.13. The summed E-state index contributed by atoms with van der Waals surface area (Å²) in [5.74, 6) is 0.919. The number of aromatic hydroxyl groups is 1. The first-order valence-electron chi connectivity index (χ1n) is 9.03. The number of aromatic nitrogens is 2. The smallest absolute Gasteiger partial charge is 0.188 e. The third kappa shape index (κ3) is 4.01. The van der Waals surface area contributed by atoms with Gasteiger partial charge in [-0.15, -0.1) is 10.2 Å².